The van der Waals surface area contributed by atoms with Gasteiger partial charge in [0, 0.05) is 5.69 Å². The van der Waals surface area contributed by atoms with Crippen LogP contribution in [0, 0.1) is 0 Å². The fourth-order valence-corrected chi connectivity index (χ4v) is 2.07. The van der Waals surface area contributed by atoms with Crippen LogP contribution in [0.5, 0.6) is 0 Å². The number of rotatable bonds is 3. The van der Waals surface area contributed by atoms with E-state index in [0.717, 1.165) is 6.42 Å². The van der Waals surface area contributed by atoms with Crippen molar-refractivity contribution < 1.29 is 0 Å². The monoisotopic (exact) mass is 207 g/mol. The average Bonchev–Trinajstić information content (AvgIpc) is 3.04. The zero-order valence-corrected chi connectivity index (χ0v) is 9.06. The Labute approximate surface area is 95.6 Å². The molecule has 0 aromatic heterocycles. The van der Waals surface area contributed by atoms with Crippen molar-refractivity contribution in [1.82, 2.24) is 0 Å². The molecule has 0 unspecified atom stereocenters. The van der Waals surface area contributed by atoms with Gasteiger partial charge in [-0.2, -0.15) is 0 Å². The summed E-state index contributed by atoms with van der Waals surface area (Å²) in [5.74, 6) is 0. The Morgan fingerprint density at radius 2 is 1.75 bits per heavy atom. The Bertz CT molecular complexity index is 520. The van der Waals surface area contributed by atoms with E-state index < -0.39 is 0 Å². The molecule has 1 heteroatoms. The predicted octanol–water partition coefficient (Wildman–Crippen LogP) is 4.20. The third-order valence-electron chi connectivity index (χ3n) is 2.86. The molecule has 16 heavy (non-hydrogen) atoms. The summed E-state index contributed by atoms with van der Waals surface area (Å²) in [6, 6.07) is 17.1. The van der Waals surface area contributed by atoms with E-state index in [2.05, 4.69) is 60.0 Å². The number of benzene rings is 2. The summed E-state index contributed by atoms with van der Waals surface area (Å²) >= 11 is 0. The SMILES string of the molecule is C=CCc1cccc(N2c3ccccc32)c1. The fraction of sp³-hybridized carbons (Fsp3) is 0.0667. The molecule has 3 rings (SSSR count). The van der Waals surface area contributed by atoms with Crippen LogP contribution in [-0.2, 0) is 6.42 Å². The van der Waals surface area contributed by atoms with Crippen molar-refractivity contribution in [3.05, 3.63) is 66.7 Å². The zero-order valence-electron chi connectivity index (χ0n) is 9.06. The van der Waals surface area contributed by atoms with Gasteiger partial charge < -0.3 is 4.90 Å². The largest absolute Gasteiger partial charge is 0.306 e. The van der Waals surface area contributed by atoms with E-state index in [1.807, 2.05) is 6.08 Å². The summed E-state index contributed by atoms with van der Waals surface area (Å²) in [6.45, 7) is 3.77. The molecule has 0 saturated carbocycles. The lowest BCUT2D eigenvalue weighted by Gasteiger charge is -2.05. The van der Waals surface area contributed by atoms with Gasteiger partial charge in [-0.1, -0.05) is 30.3 Å². The average molecular weight is 207 g/mol. The first-order chi connectivity index (χ1) is 7.90. The normalized spacial score (nSPS) is 12.1. The van der Waals surface area contributed by atoms with Gasteiger partial charge in [0.25, 0.3) is 0 Å². The molecule has 0 atom stereocenters. The van der Waals surface area contributed by atoms with Crippen LogP contribution in [0.1, 0.15) is 5.56 Å². The first-order valence-electron chi connectivity index (χ1n) is 5.49. The van der Waals surface area contributed by atoms with Crippen LogP contribution in [0.15, 0.2) is 61.2 Å². The molecular formula is C15H13N. The summed E-state index contributed by atoms with van der Waals surface area (Å²) in [5, 5.41) is 0. The van der Waals surface area contributed by atoms with E-state index in [4.69, 9.17) is 0 Å². The molecule has 78 valence electrons. The lowest BCUT2D eigenvalue weighted by atomic mass is 10.1. The van der Waals surface area contributed by atoms with Crippen molar-refractivity contribution >= 4 is 17.1 Å². The summed E-state index contributed by atoms with van der Waals surface area (Å²) < 4.78 is 0. The van der Waals surface area contributed by atoms with Crippen molar-refractivity contribution in [3.63, 3.8) is 0 Å². The van der Waals surface area contributed by atoms with Crippen molar-refractivity contribution in [3.8, 4) is 0 Å². The van der Waals surface area contributed by atoms with Crippen LogP contribution in [0.3, 0.4) is 0 Å². The van der Waals surface area contributed by atoms with E-state index in [0.29, 0.717) is 0 Å². The first-order valence-corrected chi connectivity index (χ1v) is 5.49. The molecule has 0 saturated heterocycles. The molecule has 0 bridgehead atoms. The Kier molecular flexibility index (Phi) is 2.03. The molecule has 0 aliphatic carbocycles. The van der Waals surface area contributed by atoms with E-state index in [1.165, 1.54) is 22.6 Å². The van der Waals surface area contributed by atoms with Gasteiger partial charge in [-0.15, -0.1) is 6.58 Å². The van der Waals surface area contributed by atoms with Crippen LogP contribution in [-0.4, -0.2) is 0 Å². The molecule has 0 fully saturated rings. The summed E-state index contributed by atoms with van der Waals surface area (Å²) in [4.78, 5) is 2.27. The van der Waals surface area contributed by atoms with Crippen LogP contribution >= 0.6 is 0 Å². The van der Waals surface area contributed by atoms with Gasteiger partial charge >= 0.3 is 0 Å². The molecule has 2 aromatic carbocycles. The van der Waals surface area contributed by atoms with Crippen molar-refractivity contribution in [2.45, 2.75) is 6.42 Å². The van der Waals surface area contributed by atoms with E-state index >= 15 is 0 Å². The summed E-state index contributed by atoms with van der Waals surface area (Å²) in [7, 11) is 0. The number of nitrogens with zero attached hydrogens (tertiary/aromatic N) is 1. The maximum absolute atomic E-state index is 3.77. The summed E-state index contributed by atoms with van der Waals surface area (Å²) in [6.07, 6.45) is 2.87. The fourth-order valence-electron chi connectivity index (χ4n) is 2.07. The zero-order chi connectivity index (χ0) is 11.0. The molecule has 1 nitrogen and oxygen atoms in total. The highest BCUT2D eigenvalue weighted by molar-refractivity contribution is 6.00. The van der Waals surface area contributed by atoms with Crippen molar-refractivity contribution in [1.29, 1.82) is 0 Å². The third kappa shape index (κ3) is 1.41. The van der Waals surface area contributed by atoms with Crippen molar-refractivity contribution in [2.24, 2.45) is 0 Å². The molecule has 1 heterocycles. The minimum absolute atomic E-state index is 0.929. The minimum atomic E-state index is 0.929. The Hall–Kier alpha value is -2.02. The molecule has 0 amide bonds. The Morgan fingerprint density at radius 1 is 1.00 bits per heavy atom. The van der Waals surface area contributed by atoms with Gasteiger partial charge in [0.2, 0.25) is 0 Å². The lowest BCUT2D eigenvalue weighted by Crippen LogP contribution is -1.90. The van der Waals surface area contributed by atoms with Gasteiger partial charge in [-0.05, 0) is 36.2 Å². The van der Waals surface area contributed by atoms with Crippen LogP contribution in [0.4, 0.5) is 17.1 Å². The van der Waals surface area contributed by atoms with Gasteiger partial charge in [-0.25, -0.2) is 0 Å². The van der Waals surface area contributed by atoms with Gasteiger partial charge in [0.15, 0.2) is 0 Å². The number of hydrogen-bond donors (Lipinski definition) is 0. The second-order valence-electron chi connectivity index (χ2n) is 3.99. The van der Waals surface area contributed by atoms with Gasteiger partial charge in [0.05, 0.1) is 11.4 Å². The van der Waals surface area contributed by atoms with Gasteiger partial charge in [0.1, 0.15) is 0 Å². The Morgan fingerprint density at radius 3 is 2.44 bits per heavy atom. The molecule has 2 aromatic rings. The van der Waals surface area contributed by atoms with E-state index in [9.17, 15) is 0 Å². The number of allylic oxidation sites excluding steroid dienone is 1. The van der Waals surface area contributed by atoms with Gasteiger partial charge in [-0.3, -0.25) is 0 Å². The van der Waals surface area contributed by atoms with Crippen LogP contribution in [0.2, 0.25) is 0 Å². The Balaban J connectivity index is 1.92. The number of anilines is 3. The standard InChI is InChI=1S/C15H13N/c1-2-6-12-7-5-8-13(11-12)16-14-9-3-4-10-15(14)16/h2-5,7-11H,1,6H2. The second kappa shape index (κ2) is 3.53. The number of hydrogen-bond acceptors (Lipinski definition) is 1. The molecule has 0 N–H and O–H groups in total. The van der Waals surface area contributed by atoms with Crippen molar-refractivity contribution in [2.75, 3.05) is 4.90 Å². The first kappa shape index (κ1) is 9.22. The maximum Gasteiger partial charge on any atom is 0.0703 e. The molecular weight excluding hydrogens is 194 g/mol. The molecule has 1 aliphatic rings. The topological polar surface area (TPSA) is 3.01 Å². The quantitative estimate of drug-likeness (QED) is 0.459. The second-order valence-corrected chi connectivity index (χ2v) is 3.99. The van der Waals surface area contributed by atoms with E-state index in [-0.39, 0.29) is 0 Å². The highest BCUT2D eigenvalue weighted by atomic mass is 15.3. The summed E-state index contributed by atoms with van der Waals surface area (Å²) in [5.41, 5.74) is 5.20. The molecule has 0 radical (unpaired) electrons. The highest BCUT2D eigenvalue weighted by Gasteiger charge is 2.29. The predicted molar refractivity (Wildman–Crippen MR) is 68.6 cm³/mol. The number of fused-ring (bicyclic) bond motifs is 1. The maximum atomic E-state index is 3.77. The minimum Gasteiger partial charge on any atom is -0.306 e. The van der Waals surface area contributed by atoms with Crippen LogP contribution in [0.25, 0.3) is 0 Å². The molecule has 1 aliphatic heterocycles. The van der Waals surface area contributed by atoms with E-state index in [1.54, 1.807) is 0 Å². The third-order valence-corrected chi connectivity index (χ3v) is 2.86. The smallest absolute Gasteiger partial charge is 0.0703 e. The molecule has 0 spiro atoms. The van der Waals surface area contributed by atoms with Crippen LogP contribution < -0.4 is 4.90 Å². The highest BCUT2D eigenvalue weighted by Crippen LogP contribution is 2.52. The lowest BCUT2D eigenvalue weighted by molar-refractivity contribution is 1.27. The number of para-hydroxylation sites is 2.